The Balaban J connectivity index is 2.55. The van der Waals surface area contributed by atoms with Crippen molar-refractivity contribution < 1.29 is 9.47 Å². The summed E-state index contributed by atoms with van der Waals surface area (Å²) in [5.74, 6) is 0.735. The first-order chi connectivity index (χ1) is 10.1. The molecule has 0 aliphatic heterocycles. The Morgan fingerprint density at radius 1 is 0.905 bits per heavy atom. The summed E-state index contributed by atoms with van der Waals surface area (Å²) in [6, 6.07) is 9.07. The summed E-state index contributed by atoms with van der Waals surface area (Å²) in [6.45, 7) is 0.598. The Morgan fingerprint density at radius 3 is 2.29 bits per heavy atom. The van der Waals surface area contributed by atoms with Crippen molar-refractivity contribution in [2.24, 2.45) is 0 Å². The summed E-state index contributed by atoms with van der Waals surface area (Å²) < 4.78 is 10.5. The fourth-order valence-corrected chi connectivity index (χ4v) is 2.75. The minimum atomic E-state index is 0.567. The van der Waals surface area contributed by atoms with Crippen molar-refractivity contribution in [2.45, 2.75) is 6.42 Å². The molecule has 2 nitrogen and oxygen atoms in total. The molecule has 0 spiro atoms. The van der Waals surface area contributed by atoms with Crippen molar-refractivity contribution in [2.75, 3.05) is 20.8 Å². The SMILES string of the molecule is COCCc1cc(-c2cc(Cl)ccc2Cl)c(Cl)cc1OC. The zero-order valence-corrected chi connectivity index (χ0v) is 14.0. The van der Waals surface area contributed by atoms with E-state index in [0.29, 0.717) is 21.7 Å². The zero-order chi connectivity index (χ0) is 15.4. The molecule has 0 fully saturated rings. The third kappa shape index (κ3) is 3.83. The lowest BCUT2D eigenvalue weighted by Crippen LogP contribution is -1.99. The Bertz CT molecular complexity index is 642. The van der Waals surface area contributed by atoms with Gasteiger partial charge in [-0.25, -0.2) is 0 Å². The normalized spacial score (nSPS) is 10.7. The van der Waals surface area contributed by atoms with Gasteiger partial charge in [-0.05, 0) is 42.3 Å². The number of benzene rings is 2. The van der Waals surface area contributed by atoms with Crippen LogP contribution in [-0.4, -0.2) is 20.8 Å². The second-order valence-electron chi connectivity index (χ2n) is 4.51. The first kappa shape index (κ1) is 16.4. The van der Waals surface area contributed by atoms with Gasteiger partial charge < -0.3 is 9.47 Å². The minimum absolute atomic E-state index is 0.567. The first-order valence-corrected chi connectivity index (χ1v) is 7.51. The minimum Gasteiger partial charge on any atom is -0.496 e. The van der Waals surface area contributed by atoms with E-state index in [-0.39, 0.29) is 0 Å². The summed E-state index contributed by atoms with van der Waals surface area (Å²) in [5, 5.41) is 1.78. The van der Waals surface area contributed by atoms with E-state index < -0.39 is 0 Å². The Kier molecular flexibility index (Phi) is 5.77. The molecule has 2 aromatic rings. The second kappa shape index (κ2) is 7.37. The van der Waals surface area contributed by atoms with Gasteiger partial charge in [0.2, 0.25) is 0 Å². The smallest absolute Gasteiger partial charge is 0.123 e. The molecule has 0 bridgehead atoms. The average molecular weight is 346 g/mol. The van der Waals surface area contributed by atoms with Crippen LogP contribution in [0.5, 0.6) is 5.75 Å². The third-order valence-electron chi connectivity index (χ3n) is 3.16. The molecular formula is C16H15Cl3O2. The summed E-state index contributed by atoms with van der Waals surface area (Å²) >= 11 is 18.7. The van der Waals surface area contributed by atoms with Crippen LogP contribution in [0.1, 0.15) is 5.56 Å². The van der Waals surface area contributed by atoms with Crippen LogP contribution in [0.3, 0.4) is 0 Å². The molecule has 0 aromatic heterocycles. The number of hydrogen-bond acceptors (Lipinski definition) is 2. The number of methoxy groups -OCH3 is 2. The number of rotatable bonds is 5. The van der Waals surface area contributed by atoms with E-state index in [9.17, 15) is 0 Å². The van der Waals surface area contributed by atoms with Crippen LogP contribution in [-0.2, 0) is 11.2 Å². The molecule has 2 aromatic carbocycles. The van der Waals surface area contributed by atoms with E-state index >= 15 is 0 Å². The van der Waals surface area contributed by atoms with Crippen LogP contribution < -0.4 is 4.74 Å². The molecule has 112 valence electrons. The van der Waals surface area contributed by atoms with E-state index in [0.717, 1.165) is 28.9 Å². The maximum absolute atomic E-state index is 6.36. The number of ether oxygens (including phenoxy) is 2. The van der Waals surface area contributed by atoms with Gasteiger partial charge in [-0.1, -0.05) is 34.8 Å². The lowest BCUT2D eigenvalue weighted by Gasteiger charge is -2.14. The maximum Gasteiger partial charge on any atom is 0.123 e. The largest absolute Gasteiger partial charge is 0.496 e. The lowest BCUT2D eigenvalue weighted by atomic mass is 10.0. The van der Waals surface area contributed by atoms with Crippen LogP contribution in [0.2, 0.25) is 15.1 Å². The van der Waals surface area contributed by atoms with Gasteiger partial charge in [-0.2, -0.15) is 0 Å². The molecule has 0 unspecified atom stereocenters. The van der Waals surface area contributed by atoms with Crippen molar-refractivity contribution in [3.05, 3.63) is 51.0 Å². The highest BCUT2D eigenvalue weighted by atomic mass is 35.5. The van der Waals surface area contributed by atoms with Crippen molar-refractivity contribution in [1.82, 2.24) is 0 Å². The molecule has 0 atom stereocenters. The van der Waals surface area contributed by atoms with E-state index in [2.05, 4.69) is 0 Å². The molecular weight excluding hydrogens is 331 g/mol. The molecule has 0 aliphatic carbocycles. The maximum atomic E-state index is 6.36. The third-order valence-corrected chi connectivity index (χ3v) is 4.04. The standard InChI is InChI=1S/C16H15Cl3O2/c1-20-6-5-10-7-12(15(19)9-16(10)21-2)13-8-11(17)3-4-14(13)18/h3-4,7-9H,5-6H2,1-2H3. The van der Waals surface area contributed by atoms with Gasteiger partial charge in [-0.3, -0.25) is 0 Å². The van der Waals surface area contributed by atoms with Gasteiger partial charge in [0, 0.05) is 28.3 Å². The molecule has 0 radical (unpaired) electrons. The highest BCUT2D eigenvalue weighted by Crippen LogP contribution is 2.38. The molecule has 2 rings (SSSR count). The molecule has 0 amide bonds. The highest BCUT2D eigenvalue weighted by molar-refractivity contribution is 6.37. The molecule has 0 heterocycles. The molecule has 0 N–H and O–H groups in total. The predicted molar refractivity (Wildman–Crippen MR) is 89.0 cm³/mol. The Hall–Kier alpha value is -0.930. The quantitative estimate of drug-likeness (QED) is 0.711. The van der Waals surface area contributed by atoms with Gasteiger partial charge in [0.15, 0.2) is 0 Å². The Morgan fingerprint density at radius 2 is 1.62 bits per heavy atom. The zero-order valence-electron chi connectivity index (χ0n) is 11.8. The van der Waals surface area contributed by atoms with Crippen molar-refractivity contribution in [3.8, 4) is 16.9 Å². The summed E-state index contributed by atoms with van der Waals surface area (Å²) in [7, 11) is 3.28. The fraction of sp³-hybridized carbons (Fsp3) is 0.250. The fourth-order valence-electron chi connectivity index (χ4n) is 2.11. The van der Waals surface area contributed by atoms with E-state index in [4.69, 9.17) is 44.3 Å². The molecule has 21 heavy (non-hydrogen) atoms. The number of halogens is 3. The number of hydrogen-bond donors (Lipinski definition) is 0. The summed E-state index contributed by atoms with van der Waals surface area (Å²) in [4.78, 5) is 0. The van der Waals surface area contributed by atoms with Crippen LogP contribution in [0.25, 0.3) is 11.1 Å². The van der Waals surface area contributed by atoms with Gasteiger partial charge in [0.05, 0.1) is 18.7 Å². The van der Waals surface area contributed by atoms with Gasteiger partial charge >= 0.3 is 0 Å². The van der Waals surface area contributed by atoms with Crippen molar-refractivity contribution in [3.63, 3.8) is 0 Å². The topological polar surface area (TPSA) is 18.5 Å². The van der Waals surface area contributed by atoms with Gasteiger partial charge in [0.1, 0.15) is 5.75 Å². The molecule has 0 saturated carbocycles. The van der Waals surface area contributed by atoms with Crippen molar-refractivity contribution in [1.29, 1.82) is 0 Å². The van der Waals surface area contributed by atoms with E-state index in [1.54, 1.807) is 38.5 Å². The van der Waals surface area contributed by atoms with Gasteiger partial charge in [-0.15, -0.1) is 0 Å². The first-order valence-electron chi connectivity index (χ1n) is 6.37. The van der Waals surface area contributed by atoms with Crippen LogP contribution >= 0.6 is 34.8 Å². The summed E-state index contributed by atoms with van der Waals surface area (Å²) in [5.41, 5.74) is 2.64. The highest BCUT2D eigenvalue weighted by Gasteiger charge is 2.13. The van der Waals surface area contributed by atoms with E-state index in [1.165, 1.54) is 0 Å². The predicted octanol–water partition coefficient (Wildman–Crippen LogP) is 5.51. The van der Waals surface area contributed by atoms with Crippen LogP contribution in [0.4, 0.5) is 0 Å². The molecule has 5 heteroatoms. The Labute approximate surface area is 139 Å². The van der Waals surface area contributed by atoms with Crippen molar-refractivity contribution >= 4 is 34.8 Å². The van der Waals surface area contributed by atoms with Crippen LogP contribution in [0, 0.1) is 0 Å². The monoisotopic (exact) mass is 344 g/mol. The molecule has 0 saturated heterocycles. The van der Waals surface area contributed by atoms with E-state index in [1.807, 2.05) is 6.07 Å². The average Bonchev–Trinajstić information content (AvgIpc) is 2.48. The summed E-state index contributed by atoms with van der Waals surface area (Å²) in [6.07, 6.45) is 0.724. The van der Waals surface area contributed by atoms with Crippen LogP contribution in [0.15, 0.2) is 30.3 Å². The molecule has 0 aliphatic rings. The second-order valence-corrected chi connectivity index (χ2v) is 5.76. The van der Waals surface area contributed by atoms with Gasteiger partial charge in [0.25, 0.3) is 0 Å². The lowest BCUT2D eigenvalue weighted by molar-refractivity contribution is 0.201.